The number of urea groups is 1. The normalized spacial score (nSPS) is 11.9. The summed E-state index contributed by atoms with van der Waals surface area (Å²) in [5.41, 5.74) is 2.40. The molecule has 0 fully saturated rings. The van der Waals surface area contributed by atoms with Crippen LogP contribution < -0.4 is 10.6 Å². The van der Waals surface area contributed by atoms with Crippen LogP contribution >= 0.6 is 11.3 Å². The van der Waals surface area contributed by atoms with Crippen molar-refractivity contribution in [2.24, 2.45) is 0 Å². The number of nitrogens with one attached hydrogen (secondary N) is 2. The first-order valence-corrected chi connectivity index (χ1v) is 8.35. The smallest absolute Gasteiger partial charge is 0.321 e. The van der Waals surface area contributed by atoms with Gasteiger partial charge in [0.05, 0.1) is 0 Å². The van der Waals surface area contributed by atoms with Crippen molar-refractivity contribution < 1.29 is 9.32 Å². The maximum absolute atomic E-state index is 12.2. The van der Waals surface area contributed by atoms with E-state index >= 15 is 0 Å². The fourth-order valence-corrected chi connectivity index (χ4v) is 2.58. The number of carbonyl (C=O) groups is 1. The molecule has 124 valence electrons. The van der Waals surface area contributed by atoms with Crippen LogP contribution in [0.25, 0.3) is 0 Å². The van der Waals surface area contributed by atoms with Crippen LogP contribution in [0.3, 0.4) is 0 Å². The lowest BCUT2D eigenvalue weighted by atomic mass is 10.1. The van der Waals surface area contributed by atoms with Crippen LogP contribution in [-0.4, -0.2) is 26.4 Å². The largest absolute Gasteiger partial charge is 0.339 e. The van der Waals surface area contributed by atoms with Gasteiger partial charge >= 0.3 is 6.03 Å². The van der Waals surface area contributed by atoms with E-state index in [0.717, 1.165) is 12.0 Å². The van der Waals surface area contributed by atoms with Gasteiger partial charge < -0.3 is 9.84 Å². The molecule has 2 aromatic heterocycles. The third-order valence-corrected chi connectivity index (χ3v) is 3.80. The highest BCUT2D eigenvalue weighted by Gasteiger charge is 2.22. The molecule has 0 aliphatic rings. The molecule has 24 heavy (non-hydrogen) atoms. The SMILES string of the molecule is CCCc1nc(C(NC(=O)Nc2nncs2)c2ccccc2)no1. The molecule has 2 N–H and O–H groups in total. The maximum Gasteiger partial charge on any atom is 0.321 e. The Morgan fingerprint density at radius 2 is 2.17 bits per heavy atom. The third-order valence-electron chi connectivity index (χ3n) is 3.19. The molecule has 8 nitrogen and oxygen atoms in total. The quantitative estimate of drug-likeness (QED) is 0.712. The molecule has 0 bridgehead atoms. The van der Waals surface area contributed by atoms with Crippen LogP contribution in [0, 0.1) is 0 Å². The Bertz CT molecular complexity index is 774. The predicted octanol–water partition coefficient (Wildman–Crippen LogP) is 2.78. The summed E-state index contributed by atoms with van der Waals surface area (Å²) in [4.78, 5) is 16.6. The predicted molar refractivity (Wildman–Crippen MR) is 88.6 cm³/mol. The van der Waals surface area contributed by atoms with E-state index in [1.807, 2.05) is 37.3 Å². The summed E-state index contributed by atoms with van der Waals surface area (Å²) in [6.07, 6.45) is 1.61. The van der Waals surface area contributed by atoms with Gasteiger partial charge in [-0.1, -0.05) is 53.7 Å². The Labute approximate surface area is 142 Å². The van der Waals surface area contributed by atoms with Crippen molar-refractivity contribution in [3.63, 3.8) is 0 Å². The van der Waals surface area contributed by atoms with Crippen LogP contribution in [0.1, 0.15) is 36.7 Å². The number of rotatable bonds is 6. The lowest BCUT2D eigenvalue weighted by molar-refractivity contribution is 0.249. The Morgan fingerprint density at radius 3 is 2.88 bits per heavy atom. The van der Waals surface area contributed by atoms with Crippen LogP contribution in [0.5, 0.6) is 0 Å². The zero-order chi connectivity index (χ0) is 16.8. The van der Waals surface area contributed by atoms with Crippen LogP contribution in [0.15, 0.2) is 40.4 Å². The Morgan fingerprint density at radius 1 is 1.33 bits per heavy atom. The molecule has 0 spiro atoms. The Hall–Kier alpha value is -2.81. The van der Waals surface area contributed by atoms with E-state index in [9.17, 15) is 4.79 Å². The fraction of sp³-hybridized carbons (Fsp3) is 0.267. The van der Waals surface area contributed by atoms with Gasteiger partial charge in [-0.15, -0.1) is 10.2 Å². The third kappa shape index (κ3) is 3.93. The molecule has 2 amide bonds. The lowest BCUT2D eigenvalue weighted by Crippen LogP contribution is -2.33. The molecule has 9 heteroatoms. The minimum absolute atomic E-state index is 0.414. The summed E-state index contributed by atoms with van der Waals surface area (Å²) in [6.45, 7) is 2.03. The van der Waals surface area contributed by atoms with E-state index < -0.39 is 12.1 Å². The summed E-state index contributed by atoms with van der Waals surface area (Å²) in [5.74, 6) is 0.969. The van der Waals surface area contributed by atoms with Crippen molar-refractivity contribution in [3.05, 3.63) is 53.1 Å². The van der Waals surface area contributed by atoms with E-state index in [4.69, 9.17) is 4.52 Å². The number of benzene rings is 1. The summed E-state index contributed by atoms with van der Waals surface area (Å²) in [7, 11) is 0. The highest BCUT2D eigenvalue weighted by Crippen LogP contribution is 2.20. The number of hydrogen-bond acceptors (Lipinski definition) is 7. The summed E-state index contributed by atoms with van der Waals surface area (Å²) >= 11 is 1.24. The molecule has 1 atom stereocenters. The molecular weight excluding hydrogens is 328 g/mol. The van der Waals surface area contributed by atoms with E-state index in [0.29, 0.717) is 23.3 Å². The number of anilines is 1. The molecular formula is C15H16N6O2S. The number of amides is 2. The minimum Gasteiger partial charge on any atom is -0.339 e. The zero-order valence-corrected chi connectivity index (χ0v) is 13.8. The van der Waals surface area contributed by atoms with Gasteiger partial charge in [0.25, 0.3) is 0 Å². The molecule has 2 heterocycles. The van der Waals surface area contributed by atoms with Crippen molar-refractivity contribution in [1.82, 2.24) is 25.7 Å². The van der Waals surface area contributed by atoms with E-state index in [1.165, 1.54) is 11.3 Å². The van der Waals surface area contributed by atoms with Gasteiger partial charge in [0.1, 0.15) is 11.6 Å². The molecule has 1 unspecified atom stereocenters. The molecule has 1 aromatic carbocycles. The standard InChI is InChI=1S/C15H16N6O2S/c1-2-6-11-17-13(21-23-11)12(10-7-4-3-5-8-10)18-14(22)19-15-20-16-9-24-15/h3-5,7-9,12H,2,6H2,1H3,(H2,18,19,20,22). The Balaban J connectivity index is 1.80. The molecule has 0 radical (unpaired) electrons. The number of carbonyl (C=O) groups excluding carboxylic acids is 1. The van der Waals surface area contributed by atoms with Gasteiger partial charge in [-0.3, -0.25) is 5.32 Å². The molecule has 0 saturated carbocycles. The first-order chi connectivity index (χ1) is 11.8. The number of aryl methyl sites for hydroxylation is 1. The molecule has 0 saturated heterocycles. The fourth-order valence-electron chi connectivity index (χ4n) is 2.13. The van der Waals surface area contributed by atoms with E-state index in [1.54, 1.807) is 5.51 Å². The first-order valence-electron chi connectivity index (χ1n) is 7.47. The molecule has 0 aliphatic carbocycles. The highest BCUT2D eigenvalue weighted by molar-refractivity contribution is 7.13. The van der Waals surface area contributed by atoms with Crippen molar-refractivity contribution in [2.75, 3.05) is 5.32 Å². The van der Waals surface area contributed by atoms with Crippen molar-refractivity contribution in [1.29, 1.82) is 0 Å². The van der Waals surface area contributed by atoms with Crippen LogP contribution in [-0.2, 0) is 6.42 Å². The topological polar surface area (TPSA) is 106 Å². The van der Waals surface area contributed by atoms with Gasteiger partial charge in [0.15, 0.2) is 5.82 Å². The van der Waals surface area contributed by atoms with Gasteiger partial charge in [-0.2, -0.15) is 4.98 Å². The molecule has 3 aromatic rings. The first kappa shape index (κ1) is 16.1. The second-order valence-corrected chi connectivity index (χ2v) is 5.82. The number of hydrogen-bond donors (Lipinski definition) is 2. The van der Waals surface area contributed by atoms with Crippen molar-refractivity contribution in [2.45, 2.75) is 25.8 Å². The van der Waals surface area contributed by atoms with E-state index in [-0.39, 0.29) is 0 Å². The van der Waals surface area contributed by atoms with Crippen molar-refractivity contribution in [3.8, 4) is 0 Å². The number of nitrogens with zero attached hydrogens (tertiary/aromatic N) is 4. The summed E-state index contributed by atoms with van der Waals surface area (Å²) in [6, 6.07) is 8.54. The minimum atomic E-state index is -0.520. The second kappa shape index (κ2) is 7.64. The average Bonchev–Trinajstić information content (AvgIpc) is 3.26. The van der Waals surface area contributed by atoms with Crippen LogP contribution in [0.2, 0.25) is 0 Å². The lowest BCUT2D eigenvalue weighted by Gasteiger charge is -2.15. The average molecular weight is 344 g/mol. The van der Waals surface area contributed by atoms with E-state index in [2.05, 4.69) is 31.0 Å². The maximum atomic E-state index is 12.2. The summed E-state index contributed by atoms with van der Waals surface area (Å²) in [5, 5.41) is 17.4. The van der Waals surface area contributed by atoms with Gasteiger partial charge in [0.2, 0.25) is 11.0 Å². The summed E-state index contributed by atoms with van der Waals surface area (Å²) < 4.78 is 5.24. The molecule has 3 rings (SSSR count). The second-order valence-electron chi connectivity index (χ2n) is 4.98. The Kier molecular flexibility index (Phi) is 5.12. The van der Waals surface area contributed by atoms with Gasteiger partial charge in [0, 0.05) is 6.42 Å². The zero-order valence-electron chi connectivity index (χ0n) is 13.0. The van der Waals surface area contributed by atoms with Crippen molar-refractivity contribution >= 4 is 22.5 Å². The monoisotopic (exact) mass is 344 g/mol. The van der Waals surface area contributed by atoms with Crippen LogP contribution in [0.4, 0.5) is 9.93 Å². The van der Waals surface area contributed by atoms with Gasteiger partial charge in [-0.05, 0) is 12.0 Å². The highest BCUT2D eigenvalue weighted by atomic mass is 32.1. The molecule has 0 aliphatic heterocycles. The van der Waals surface area contributed by atoms with Gasteiger partial charge in [-0.25, -0.2) is 4.79 Å². The number of aromatic nitrogens is 4.